The maximum atomic E-state index is 12.4. The third-order valence-corrected chi connectivity index (χ3v) is 4.41. The monoisotopic (exact) mass is 328 g/mol. The molecule has 1 aromatic heterocycles. The molecule has 6 nitrogen and oxygen atoms in total. The lowest BCUT2D eigenvalue weighted by Gasteiger charge is -2.22. The molecular weight excluding hydrogens is 308 g/mol. The van der Waals surface area contributed by atoms with Crippen LogP contribution in [0.2, 0.25) is 0 Å². The van der Waals surface area contributed by atoms with Gasteiger partial charge in [-0.15, -0.1) is 0 Å². The molecule has 0 spiro atoms. The number of carbonyl (C=O) groups excluding carboxylic acids is 1. The van der Waals surface area contributed by atoms with Crippen molar-refractivity contribution in [3.8, 4) is 11.5 Å². The predicted molar refractivity (Wildman–Crippen MR) is 87.4 cm³/mol. The summed E-state index contributed by atoms with van der Waals surface area (Å²) in [5, 5.41) is 12.2. The zero-order chi connectivity index (χ0) is 16.9. The molecule has 1 heterocycles. The van der Waals surface area contributed by atoms with Gasteiger partial charge in [0.05, 0.1) is 5.92 Å². The highest BCUT2D eigenvalue weighted by molar-refractivity contribution is 5.93. The van der Waals surface area contributed by atoms with E-state index in [0.29, 0.717) is 18.7 Å². The minimum Gasteiger partial charge on any atom is -0.481 e. The second-order valence-electron chi connectivity index (χ2n) is 6.07. The van der Waals surface area contributed by atoms with Gasteiger partial charge in [-0.05, 0) is 25.0 Å². The molecule has 1 saturated carbocycles. The summed E-state index contributed by atoms with van der Waals surface area (Å²) >= 11 is 0. The highest BCUT2D eigenvalue weighted by Crippen LogP contribution is 2.24. The van der Waals surface area contributed by atoms with Crippen LogP contribution in [-0.2, 0) is 4.79 Å². The second-order valence-corrected chi connectivity index (χ2v) is 6.07. The number of carbonyl (C=O) groups is 2. The molecule has 0 saturated heterocycles. The molecule has 0 aliphatic heterocycles. The van der Waals surface area contributed by atoms with Crippen molar-refractivity contribution in [1.82, 2.24) is 10.3 Å². The first-order valence-corrected chi connectivity index (χ1v) is 8.20. The van der Waals surface area contributed by atoms with Crippen LogP contribution < -0.4 is 5.32 Å². The Labute approximate surface area is 139 Å². The van der Waals surface area contributed by atoms with Gasteiger partial charge < -0.3 is 14.8 Å². The Morgan fingerprint density at radius 2 is 1.88 bits per heavy atom. The predicted octanol–water partition coefficient (Wildman–Crippen LogP) is 3.10. The number of hydrogen-bond acceptors (Lipinski definition) is 4. The normalized spacial score (nSPS) is 21.0. The molecule has 24 heavy (non-hydrogen) atoms. The van der Waals surface area contributed by atoms with Gasteiger partial charge in [-0.3, -0.25) is 9.59 Å². The largest absolute Gasteiger partial charge is 0.481 e. The highest BCUT2D eigenvalue weighted by Gasteiger charge is 2.31. The first-order chi connectivity index (χ1) is 11.6. The number of carboxylic acids is 1. The zero-order valence-electron chi connectivity index (χ0n) is 13.3. The van der Waals surface area contributed by atoms with E-state index in [-0.39, 0.29) is 17.6 Å². The topological polar surface area (TPSA) is 92.4 Å². The van der Waals surface area contributed by atoms with Crippen LogP contribution in [0.15, 0.2) is 41.0 Å². The number of hydrogen-bond donors (Lipinski definition) is 2. The van der Waals surface area contributed by atoms with Gasteiger partial charge >= 0.3 is 5.97 Å². The van der Waals surface area contributed by atoms with Crippen molar-refractivity contribution in [1.29, 1.82) is 0 Å². The van der Waals surface area contributed by atoms with Crippen molar-refractivity contribution in [2.75, 3.05) is 0 Å². The van der Waals surface area contributed by atoms with Gasteiger partial charge in [0.2, 0.25) is 5.89 Å². The Morgan fingerprint density at radius 1 is 1.12 bits per heavy atom. The van der Waals surface area contributed by atoms with Crippen molar-refractivity contribution < 1.29 is 19.1 Å². The van der Waals surface area contributed by atoms with Crippen LogP contribution >= 0.6 is 0 Å². The van der Waals surface area contributed by atoms with E-state index in [4.69, 9.17) is 4.42 Å². The third-order valence-electron chi connectivity index (χ3n) is 4.41. The number of amides is 1. The van der Waals surface area contributed by atoms with Crippen LogP contribution in [0, 0.1) is 5.92 Å². The molecule has 2 atom stereocenters. The van der Waals surface area contributed by atoms with Crippen molar-refractivity contribution >= 4 is 11.9 Å². The lowest BCUT2D eigenvalue weighted by atomic mass is 9.95. The second kappa shape index (κ2) is 7.29. The molecule has 0 radical (unpaired) electrons. The quantitative estimate of drug-likeness (QED) is 0.841. The van der Waals surface area contributed by atoms with Gasteiger partial charge in [-0.25, -0.2) is 4.98 Å². The molecule has 3 rings (SSSR count). The number of nitrogens with zero attached hydrogens (tertiary/aromatic N) is 1. The SMILES string of the molecule is O=C(N[C@H]1CCCCC[C@@H]1C(=O)O)c1coc(-c2ccccc2)n1. The smallest absolute Gasteiger partial charge is 0.308 e. The maximum absolute atomic E-state index is 12.4. The van der Waals surface area contributed by atoms with Gasteiger partial charge in [-0.1, -0.05) is 37.5 Å². The fourth-order valence-corrected chi connectivity index (χ4v) is 3.11. The van der Waals surface area contributed by atoms with Gasteiger partial charge in [-0.2, -0.15) is 0 Å². The lowest BCUT2D eigenvalue weighted by Crippen LogP contribution is -2.42. The fraction of sp³-hybridized carbons (Fsp3) is 0.389. The Balaban J connectivity index is 1.72. The molecule has 0 bridgehead atoms. The molecule has 1 aromatic carbocycles. The standard InChI is InChI=1S/C18H20N2O4/c21-16(19-14-10-6-2-5-9-13(14)18(22)23)15-11-24-17(20-15)12-7-3-1-4-8-12/h1,3-4,7-8,11,13-14H,2,5-6,9-10H2,(H,19,21)(H,22,23)/t13-,14-/m0/s1. The van der Waals surface area contributed by atoms with Crippen LogP contribution in [0.5, 0.6) is 0 Å². The number of benzene rings is 1. The van der Waals surface area contributed by atoms with E-state index in [1.54, 1.807) is 0 Å². The summed E-state index contributed by atoms with van der Waals surface area (Å²) in [5.41, 5.74) is 0.955. The van der Waals surface area contributed by atoms with Crippen LogP contribution in [0.4, 0.5) is 0 Å². The number of carboxylic acid groups (broad SMARTS) is 1. The molecule has 126 valence electrons. The minimum absolute atomic E-state index is 0.169. The third kappa shape index (κ3) is 3.64. The van der Waals surface area contributed by atoms with E-state index in [9.17, 15) is 14.7 Å². The van der Waals surface area contributed by atoms with Gasteiger partial charge in [0.25, 0.3) is 5.91 Å². The molecule has 1 aliphatic carbocycles. The summed E-state index contributed by atoms with van der Waals surface area (Å²) in [6.07, 6.45) is 5.37. The van der Waals surface area contributed by atoms with Crippen LogP contribution in [0.1, 0.15) is 42.6 Å². The molecule has 0 unspecified atom stereocenters. The summed E-state index contributed by atoms with van der Waals surface area (Å²) in [7, 11) is 0. The molecule has 2 N–H and O–H groups in total. The van der Waals surface area contributed by atoms with Gasteiger partial charge in [0.1, 0.15) is 6.26 Å². The Kier molecular flexibility index (Phi) is 4.93. The Morgan fingerprint density at radius 3 is 2.62 bits per heavy atom. The van der Waals surface area contributed by atoms with Gasteiger partial charge in [0, 0.05) is 11.6 Å². The van der Waals surface area contributed by atoms with E-state index in [1.807, 2.05) is 30.3 Å². The van der Waals surface area contributed by atoms with Gasteiger partial charge in [0.15, 0.2) is 5.69 Å². The fourth-order valence-electron chi connectivity index (χ4n) is 3.11. The number of aromatic nitrogens is 1. The molecule has 6 heteroatoms. The Hall–Kier alpha value is -2.63. The maximum Gasteiger partial charge on any atom is 0.308 e. The van der Waals surface area contributed by atoms with Crippen molar-refractivity contribution in [3.05, 3.63) is 42.3 Å². The number of oxazole rings is 1. The average molecular weight is 328 g/mol. The average Bonchev–Trinajstić information content (AvgIpc) is 2.97. The summed E-state index contributed by atoms with van der Waals surface area (Å²) in [6, 6.07) is 8.94. The first-order valence-electron chi connectivity index (χ1n) is 8.20. The van der Waals surface area contributed by atoms with Crippen molar-refractivity contribution in [2.24, 2.45) is 5.92 Å². The first kappa shape index (κ1) is 16.2. The molecule has 1 fully saturated rings. The van der Waals surface area contributed by atoms with E-state index in [2.05, 4.69) is 10.3 Å². The van der Waals surface area contributed by atoms with Crippen LogP contribution in [-0.4, -0.2) is 28.0 Å². The minimum atomic E-state index is -0.854. The number of aliphatic carboxylic acids is 1. The van der Waals surface area contributed by atoms with Crippen molar-refractivity contribution in [3.63, 3.8) is 0 Å². The molecule has 1 amide bonds. The summed E-state index contributed by atoms with van der Waals surface area (Å²) in [5.74, 6) is -1.42. The van der Waals surface area contributed by atoms with E-state index >= 15 is 0 Å². The lowest BCUT2D eigenvalue weighted by molar-refractivity contribution is -0.142. The summed E-state index contributed by atoms with van der Waals surface area (Å²) in [6.45, 7) is 0. The van der Waals surface area contributed by atoms with E-state index in [0.717, 1.165) is 24.8 Å². The van der Waals surface area contributed by atoms with Crippen molar-refractivity contribution in [2.45, 2.75) is 38.1 Å². The van der Waals surface area contributed by atoms with Crippen LogP contribution in [0.3, 0.4) is 0 Å². The summed E-state index contributed by atoms with van der Waals surface area (Å²) in [4.78, 5) is 28.1. The highest BCUT2D eigenvalue weighted by atomic mass is 16.4. The molecule has 1 aliphatic rings. The van der Waals surface area contributed by atoms with Crippen LogP contribution in [0.25, 0.3) is 11.5 Å². The Bertz CT molecular complexity index is 711. The van der Waals surface area contributed by atoms with E-state index < -0.39 is 11.9 Å². The molecular formula is C18H20N2O4. The summed E-state index contributed by atoms with van der Waals surface area (Å²) < 4.78 is 5.37. The van der Waals surface area contributed by atoms with E-state index in [1.165, 1.54) is 6.26 Å². The number of nitrogens with one attached hydrogen (secondary N) is 1. The molecule has 2 aromatic rings. The number of rotatable bonds is 4. The zero-order valence-corrected chi connectivity index (χ0v) is 13.3.